The third-order valence-corrected chi connectivity index (χ3v) is 7.10. The van der Waals surface area contributed by atoms with Crippen molar-refractivity contribution in [1.82, 2.24) is 4.98 Å². The van der Waals surface area contributed by atoms with E-state index in [1.807, 2.05) is 24.3 Å². The highest BCUT2D eigenvalue weighted by Crippen LogP contribution is 2.25. The van der Waals surface area contributed by atoms with E-state index in [-0.39, 0.29) is 10.5 Å². The summed E-state index contributed by atoms with van der Waals surface area (Å²) in [6.45, 7) is 3.32. The van der Waals surface area contributed by atoms with E-state index in [4.69, 9.17) is 11.6 Å². The highest BCUT2D eigenvalue weighted by atomic mass is 35.5. The molecular formula is C21H19ClN2O4S2. The lowest BCUT2D eigenvalue weighted by molar-refractivity contribution is 0.0695. The molecule has 6 nitrogen and oxygen atoms in total. The minimum atomic E-state index is -3.95. The predicted molar refractivity (Wildman–Crippen MR) is 119 cm³/mol. The van der Waals surface area contributed by atoms with Crippen LogP contribution in [-0.4, -0.2) is 24.5 Å². The largest absolute Gasteiger partial charge is 0.478 e. The van der Waals surface area contributed by atoms with E-state index in [2.05, 4.69) is 9.71 Å². The van der Waals surface area contributed by atoms with Crippen LogP contribution in [0.15, 0.2) is 64.6 Å². The van der Waals surface area contributed by atoms with Crippen molar-refractivity contribution in [3.63, 3.8) is 0 Å². The smallest absolute Gasteiger partial charge is 0.336 e. The van der Waals surface area contributed by atoms with Crippen LogP contribution in [0.4, 0.5) is 5.69 Å². The maximum absolute atomic E-state index is 12.7. The van der Waals surface area contributed by atoms with Crippen molar-refractivity contribution >= 4 is 45.0 Å². The fourth-order valence-corrected chi connectivity index (χ4v) is 4.76. The number of hydrogen-bond acceptors (Lipinski definition) is 5. The maximum atomic E-state index is 12.7. The third kappa shape index (κ3) is 5.33. The topological polar surface area (TPSA) is 96.4 Å². The van der Waals surface area contributed by atoms with Crippen LogP contribution in [0.5, 0.6) is 0 Å². The Balaban J connectivity index is 1.73. The van der Waals surface area contributed by atoms with Crippen molar-refractivity contribution in [2.45, 2.75) is 29.5 Å². The van der Waals surface area contributed by atoms with Crippen LogP contribution in [0.2, 0.25) is 5.02 Å². The number of aryl methyl sites for hydroxylation is 1. The summed E-state index contributed by atoms with van der Waals surface area (Å²) in [6, 6.07) is 13.5. The standard InChI is InChI=1S/C21H19ClN2O4S2/c1-13-9-18(10-19(14(13)2)21(25)26)30(27,28)24-17-7-8-20(23-11-17)29-12-15-3-5-16(22)6-4-15/h3-11,24H,12H2,1-2H3,(H,25,26). The molecule has 0 aliphatic rings. The van der Waals surface area contributed by atoms with E-state index in [1.54, 1.807) is 26.0 Å². The zero-order valence-electron chi connectivity index (χ0n) is 16.2. The van der Waals surface area contributed by atoms with Gasteiger partial charge in [0, 0.05) is 10.8 Å². The molecule has 0 amide bonds. The number of pyridine rings is 1. The average molecular weight is 463 g/mol. The number of rotatable bonds is 7. The summed E-state index contributed by atoms with van der Waals surface area (Å²) in [4.78, 5) is 15.6. The van der Waals surface area contributed by atoms with Crippen molar-refractivity contribution < 1.29 is 18.3 Å². The second-order valence-electron chi connectivity index (χ2n) is 6.62. The van der Waals surface area contributed by atoms with E-state index in [9.17, 15) is 18.3 Å². The van der Waals surface area contributed by atoms with Crippen molar-refractivity contribution in [2.75, 3.05) is 4.72 Å². The summed E-state index contributed by atoms with van der Waals surface area (Å²) < 4.78 is 27.9. The first-order chi connectivity index (χ1) is 14.2. The van der Waals surface area contributed by atoms with Gasteiger partial charge in [0.25, 0.3) is 10.0 Å². The molecule has 0 spiro atoms. The molecule has 0 aliphatic heterocycles. The van der Waals surface area contributed by atoms with Crippen LogP contribution < -0.4 is 4.72 Å². The number of carbonyl (C=O) groups is 1. The number of anilines is 1. The number of hydrogen-bond donors (Lipinski definition) is 2. The molecule has 0 unspecified atom stereocenters. The number of aromatic nitrogens is 1. The quantitative estimate of drug-likeness (QED) is 0.472. The molecular weight excluding hydrogens is 444 g/mol. The van der Waals surface area contributed by atoms with Gasteiger partial charge < -0.3 is 5.11 Å². The van der Waals surface area contributed by atoms with E-state index in [0.29, 0.717) is 27.6 Å². The molecule has 1 heterocycles. The minimum Gasteiger partial charge on any atom is -0.478 e. The first-order valence-corrected chi connectivity index (χ1v) is 11.7. The number of aromatic carboxylic acids is 1. The number of nitrogens with one attached hydrogen (secondary N) is 1. The Kier molecular flexibility index (Phi) is 6.70. The molecule has 30 heavy (non-hydrogen) atoms. The van der Waals surface area contributed by atoms with Crippen molar-refractivity contribution in [3.8, 4) is 0 Å². The zero-order chi connectivity index (χ0) is 21.9. The molecule has 0 bridgehead atoms. The highest BCUT2D eigenvalue weighted by molar-refractivity contribution is 7.98. The van der Waals surface area contributed by atoms with Crippen LogP contribution in [0, 0.1) is 13.8 Å². The van der Waals surface area contributed by atoms with Crippen LogP contribution in [-0.2, 0) is 15.8 Å². The molecule has 2 N–H and O–H groups in total. The van der Waals surface area contributed by atoms with E-state index in [0.717, 1.165) is 16.7 Å². The number of thioether (sulfide) groups is 1. The van der Waals surface area contributed by atoms with Crippen molar-refractivity contribution in [3.05, 3.63) is 82.0 Å². The lowest BCUT2D eigenvalue weighted by Gasteiger charge is -2.12. The van der Waals surface area contributed by atoms with Crippen LogP contribution >= 0.6 is 23.4 Å². The van der Waals surface area contributed by atoms with E-state index in [1.165, 1.54) is 24.0 Å². The zero-order valence-corrected chi connectivity index (χ0v) is 18.6. The summed E-state index contributed by atoms with van der Waals surface area (Å²) in [6.07, 6.45) is 1.43. The predicted octanol–water partition coefficient (Wildman–Crippen LogP) is 5.14. The summed E-state index contributed by atoms with van der Waals surface area (Å²) in [7, 11) is -3.95. The molecule has 3 rings (SSSR count). The lowest BCUT2D eigenvalue weighted by Crippen LogP contribution is -2.15. The normalized spacial score (nSPS) is 11.3. The van der Waals surface area contributed by atoms with Gasteiger partial charge in [-0.3, -0.25) is 4.72 Å². The number of carboxylic acid groups (broad SMARTS) is 1. The number of benzene rings is 2. The Morgan fingerprint density at radius 1 is 1.13 bits per heavy atom. The van der Waals surface area contributed by atoms with Crippen LogP contribution in [0.25, 0.3) is 0 Å². The maximum Gasteiger partial charge on any atom is 0.336 e. The molecule has 0 fully saturated rings. The van der Waals surface area contributed by atoms with Gasteiger partial charge in [0.1, 0.15) is 0 Å². The Morgan fingerprint density at radius 3 is 2.43 bits per heavy atom. The van der Waals surface area contributed by atoms with Crippen molar-refractivity contribution in [2.24, 2.45) is 0 Å². The van der Waals surface area contributed by atoms with Gasteiger partial charge >= 0.3 is 5.97 Å². The lowest BCUT2D eigenvalue weighted by atomic mass is 10.0. The Hall–Kier alpha value is -2.55. The first-order valence-electron chi connectivity index (χ1n) is 8.86. The fourth-order valence-electron chi connectivity index (χ4n) is 2.68. The first kappa shape index (κ1) is 22.1. The molecule has 156 valence electrons. The molecule has 0 saturated carbocycles. The van der Waals surface area contributed by atoms with Crippen molar-refractivity contribution in [1.29, 1.82) is 0 Å². The summed E-state index contributed by atoms with van der Waals surface area (Å²) in [5, 5.41) is 10.7. The third-order valence-electron chi connectivity index (χ3n) is 4.47. The van der Waals surface area contributed by atoms with Crippen LogP contribution in [0.3, 0.4) is 0 Å². The number of sulfonamides is 1. The highest BCUT2D eigenvalue weighted by Gasteiger charge is 2.20. The average Bonchev–Trinajstić information content (AvgIpc) is 2.70. The number of nitrogens with zero attached hydrogens (tertiary/aromatic N) is 1. The summed E-state index contributed by atoms with van der Waals surface area (Å²) >= 11 is 7.39. The fraction of sp³-hybridized carbons (Fsp3) is 0.143. The van der Waals surface area contributed by atoms with E-state index < -0.39 is 16.0 Å². The monoisotopic (exact) mass is 462 g/mol. The SMILES string of the molecule is Cc1cc(S(=O)(=O)Nc2ccc(SCc3ccc(Cl)cc3)nc2)cc(C(=O)O)c1C. The van der Waals surface area contributed by atoms with Gasteiger partial charge in [-0.1, -0.05) is 23.7 Å². The molecule has 0 atom stereocenters. The number of carboxylic acids is 1. The Morgan fingerprint density at radius 2 is 1.83 bits per heavy atom. The van der Waals surface area contributed by atoms with E-state index >= 15 is 0 Å². The van der Waals surface area contributed by atoms with Gasteiger partial charge in [-0.05, 0) is 66.9 Å². The molecule has 0 saturated heterocycles. The Bertz CT molecular complexity index is 1180. The molecule has 9 heteroatoms. The second kappa shape index (κ2) is 9.07. The van der Waals surface area contributed by atoms with Gasteiger partial charge in [-0.2, -0.15) is 0 Å². The Labute approximate surface area is 184 Å². The van der Waals surface area contributed by atoms with Gasteiger partial charge in [-0.25, -0.2) is 18.2 Å². The molecule has 3 aromatic rings. The van der Waals surface area contributed by atoms with Gasteiger partial charge in [0.05, 0.1) is 27.4 Å². The number of halogens is 1. The van der Waals surface area contributed by atoms with Crippen LogP contribution in [0.1, 0.15) is 27.0 Å². The minimum absolute atomic E-state index is 0.0394. The summed E-state index contributed by atoms with van der Waals surface area (Å²) in [5.74, 6) is -0.466. The molecule has 0 aliphatic carbocycles. The molecule has 2 aromatic carbocycles. The van der Waals surface area contributed by atoms with Gasteiger partial charge in [0.2, 0.25) is 0 Å². The van der Waals surface area contributed by atoms with Gasteiger partial charge in [-0.15, -0.1) is 11.8 Å². The second-order valence-corrected chi connectivity index (χ2v) is 9.74. The van der Waals surface area contributed by atoms with Gasteiger partial charge in [0.15, 0.2) is 0 Å². The molecule has 0 radical (unpaired) electrons. The summed E-state index contributed by atoms with van der Waals surface area (Å²) in [5.41, 5.74) is 2.47. The molecule has 1 aromatic heterocycles.